The summed E-state index contributed by atoms with van der Waals surface area (Å²) < 4.78 is 44.0. The number of primary amides is 1. The first-order valence-electron chi connectivity index (χ1n) is 7.00. The molecule has 126 valence electrons. The molecule has 7 nitrogen and oxygen atoms in total. The molecule has 1 aliphatic heterocycles. The first kappa shape index (κ1) is 17.4. The molecule has 1 aliphatic rings. The fourth-order valence-corrected chi connectivity index (χ4v) is 3.96. The van der Waals surface area contributed by atoms with Crippen molar-refractivity contribution >= 4 is 21.9 Å². The number of halogens is 1. The van der Waals surface area contributed by atoms with Gasteiger partial charge in [-0.2, -0.15) is 4.31 Å². The van der Waals surface area contributed by atoms with Gasteiger partial charge < -0.3 is 10.5 Å². The normalized spacial score (nSPS) is 20.2. The Morgan fingerprint density at radius 2 is 1.96 bits per heavy atom. The van der Waals surface area contributed by atoms with Crippen molar-refractivity contribution in [2.24, 2.45) is 5.73 Å². The van der Waals surface area contributed by atoms with E-state index in [0.717, 1.165) is 28.6 Å². The Balaban J connectivity index is 2.22. The maximum Gasteiger partial charge on any atom is 0.325 e. The molecule has 0 aromatic heterocycles. The summed E-state index contributed by atoms with van der Waals surface area (Å²) in [5.74, 6) is -2.19. The van der Waals surface area contributed by atoms with Crippen LogP contribution >= 0.6 is 0 Å². The van der Waals surface area contributed by atoms with Gasteiger partial charge in [0.1, 0.15) is 11.9 Å². The fraction of sp³-hybridized carbons (Fsp3) is 0.429. The first-order chi connectivity index (χ1) is 10.7. The fourth-order valence-electron chi connectivity index (χ4n) is 2.32. The number of benzene rings is 1. The Kier molecular flexibility index (Phi) is 5.00. The van der Waals surface area contributed by atoms with Crippen molar-refractivity contribution in [2.75, 3.05) is 6.54 Å². The molecule has 1 aromatic rings. The third kappa shape index (κ3) is 3.67. The van der Waals surface area contributed by atoms with Gasteiger partial charge in [0, 0.05) is 6.54 Å². The standard InChI is InChI=1S/C14H17FN2O5S/c1-9(13(16)18)22-14(19)12-3-2-8-17(12)23(20,21)11-6-4-10(15)5-7-11/h4-7,9,12H,2-3,8H2,1H3,(H2,16,18)/t9-,12+/m1/s1. The van der Waals surface area contributed by atoms with E-state index >= 15 is 0 Å². The molecule has 2 rings (SSSR count). The molecule has 0 bridgehead atoms. The average molecular weight is 344 g/mol. The molecule has 1 fully saturated rings. The molecule has 0 unspecified atom stereocenters. The number of ether oxygens (including phenoxy) is 1. The number of nitrogens with two attached hydrogens (primary N) is 1. The van der Waals surface area contributed by atoms with Gasteiger partial charge in [-0.3, -0.25) is 9.59 Å². The SMILES string of the molecule is C[C@@H](OC(=O)[C@@H]1CCCN1S(=O)(=O)c1ccc(F)cc1)C(N)=O. The lowest BCUT2D eigenvalue weighted by Crippen LogP contribution is -2.43. The number of hydrogen-bond donors (Lipinski definition) is 1. The Bertz CT molecular complexity index is 704. The average Bonchev–Trinajstić information content (AvgIpc) is 2.97. The Hall–Kier alpha value is -2.00. The van der Waals surface area contributed by atoms with E-state index in [9.17, 15) is 22.4 Å². The van der Waals surface area contributed by atoms with E-state index in [1.54, 1.807) is 0 Å². The number of amides is 1. The molecule has 0 spiro atoms. The highest BCUT2D eigenvalue weighted by molar-refractivity contribution is 7.89. The summed E-state index contributed by atoms with van der Waals surface area (Å²) in [4.78, 5) is 23.0. The predicted molar refractivity (Wildman–Crippen MR) is 78.1 cm³/mol. The number of hydrogen-bond acceptors (Lipinski definition) is 5. The van der Waals surface area contributed by atoms with Crippen LogP contribution in [0.4, 0.5) is 4.39 Å². The number of carbonyl (C=O) groups is 2. The topological polar surface area (TPSA) is 107 Å². The summed E-state index contributed by atoms with van der Waals surface area (Å²) >= 11 is 0. The monoisotopic (exact) mass is 344 g/mol. The molecule has 1 amide bonds. The highest BCUT2D eigenvalue weighted by Crippen LogP contribution is 2.27. The van der Waals surface area contributed by atoms with Crippen LogP contribution in [0.3, 0.4) is 0 Å². The zero-order valence-corrected chi connectivity index (χ0v) is 13.3. The van der Waals surface area contributed by atoms with Crippen LogP contribution in [-0.2, 0) is 24.3 Å². The van der Waals surface area contributed by atoms with Crippen LogP contribution in [0.25, 0.3) is 0 Å². The van der Waals surface area contributed by atoms with Crippen molar-refractivity contribution in [1.82, 2.24) is 4.31 Å². The van der Waals surface area contributed by atoms with Crippen LogP contribution in [-0.4, -0.2) is 43.3 Å². The smallest absolute Gasteiger partial charge is 0.325 e. The maximum atomic E-state index is 12.9. The van der Waals surface area contributed by atoms with Gasteiger partial charge in [-0.15, -0.1) is 0 Å². The van der Waals surface area contributed by atoms with Crippen LogP contribution in [0, 0.1) is 5.82 Å². The molecule has 2 atom stereocenters. The quantitative estimate of drug-likeness (QED) is 0.778. The third-order valence-electron chi connectivity index (χ3n) is 3.59. The molecule has 0 aliphatic carbocycles. The summed E-state index contributed by atoms with van der Waals surface area (Å²) in [7, 11) is -3.96. The second kappa shape index (κ2) is 6.63. The first-order valence-corrected chi connectivity index (χ1v) is 8.44. The third-order valence-corrected chi connectivity index (χ3v) is 5.51. The van der Waals surface area contributed by atoms with Gasteiger partial charge in [-0.05, 0) is 44.0 Å². The second-order valence-electron chi connectivity index (χ2n) is 5.21. The molecule has 2 N–H and O–H groups in total. The van der Waals surface area contributed by atoms with E-state index in [1.807, 2.05) is 0 Å². The van der Waals surface area contributed by atoms with E-state index in [-0.39, 0.29) is 17.9 Å². The molecule has 9 heteroatoms. The zero-order chi connectivity index (χ0) is 17.2. The Morgan fingerprint density at radius 1 is 1.35 bits per heavy atom. The number of rotatable bonds is 5. The summed E-state index contributed by atoms with van der Waals surface area (Å²) in [6.45, 7) is 1.46. The van der Waals surface area contributed by atoms with Gasteiger partial charge in [-0.1, -0.05) is 0 Å². The van der Waals surface area contributed by atoms with E-state index in [2.05, 4.69) is 0 Å². The minimum absolute atomic E-state index is 0.110. The molecular formula is C14H17FN2O5S. The Labute approximate surface area is 133 Å². The summed E-state index contributed by atoms with van der Waals surface area (Å²) in [5, 5.41) is 0. The zero-order valence-electron chi connectivity index (χ0n) is 12.4. The number of nitrogens with zero attached hydrogens (tertiary/aromatic N) is 1. The molecular weight excluding hydrogens is 327 g/mol. The summed E-state index contributed by atoms with van der Waals surface area (Å²) in [5.41, 5.74) is 5.03. The summed E-state index contributed by atoms with van der Waals surface area (Å²) in [6.07, 6.45) is -0.380. The van der Waals surface area contributed by atoms with Crippen LogP contribution < -0.4 is 5.73 Å². The van der Waals surface area contributed by atoms with Crippen LogP contribution in [0.15, 0.2) is 29.2 Å². The van der Waals surface area contributed by atoms with Crippen LogP contribution in [0.1, 0.15) is 19.8 Å². The van der Waals surface area contributed by atoms with Gasteiger partial charge in [0.25, 0.3) is 5.91 Å². The van der Waals surface area contributed by atoms with Crippen molar-refractivity contribution in [1.29, 1.82) is 0 Å². The van der Waals surface area contributed by atoms with E-state index in [4.69, 9.17) is 10.5 Å². The highest BCUT2D eigenvalue weighted by Gasteiger charge is 2.41. The molecule has 23 heavy (non-hydrogen) atoms. The maximum absolute atomic E-state index is 12.9. The number of sulfonamides is 1. The van der Waals surface area contributed by atoms with Gasteiger partial charge in [0.05, 0.1) is 4.90 Å². The van der Waals surface area contributed by atoms with Gasteiger partial charge in [-0.25, -0.2) is 12.8 Å². The van der Waals surface area contributed by atoms with Crippen molar-refractivity contribution < 1.29 is 27.1 Å². The molecule has 0 saturated carbocycles. The van der Waals surface area contributed by atoms with Crippen LogP contribution in [0.2, 0.25) is 0 Å². The largest absolute Gasteiger partial charge is 0.451 e. The van der Waals surface area contributed by atoms with Gasteiger partial charge in [0.15, 0.2) is 6.10 Å². The van der Waals surface area contributed by atoms with Crippen molar-refractivity contribution in [3.8, 4) is 0 Å². The van der Waals surface area contributed by atoms with Crippen molar-refractivity contribution in [3.05, 3.63) is 30.1 Å². The van der Waals surface area contributed by atoms with E-state index in [0.29, 0.717) is 6.42 Å². The van der Waals surface area contributed by atoms with Gasteiger partial charge in [0.2, 0.25) is 10.0 Å². The second-order valence-corrected chi connectivity index (χ2v) is 7.10. The predicted octanol–water partition coefficient (Wildman–Crippen LogP) is 0.396. The van der Waals surface area contributed by atoms with Crippen molar-refractivity contribution in [2.45, 2.75) is 36.8 Å². The molecule has 1 heterocycles. The molecule has 1 saturated heterocycles. The minimum Gasteiger partial charge on any atom is -0.451 e. The lowest BCUT2D eigenvalue weighted by Gasteiger charge is -2.23. The van der Waals surface area contributed by atoms with Gasteiger partial charge >= 0.3 is 5.97 Å². The van der Waals surface area contributed by atoms with Crippen molar-refractivity contribution in [3.63, 3.8) is 0 Å². The number of carbonyl (C=O) groups excluding carboxylic acids is 2. The Morgan fingerprint density at radius 3 is 2.52 bits per heavy atom. The highest BCUT2D eigenvalue weighted by atomic mass is 32.2. The minimum atomic E-state index is -3.96. The molecule has 0 radical (unpaired) electrons. The van der Waals surface area contributed by atoms with Crippen LogP contribution in [0.5, 0.6) is 0 Å². The number of esters is 1. The molecule has 1 aromatic carbocycles. The van der Waals surface area contributed by atoms with E-state index < -0.39 is 39.9 Å². The summed E-state index contributed by atoms with van der Waals surface area (Å²) in [6, 6.07) is 3.32. The van der Waals surface area contributed by atoms with E-state index in [1.165, 1.54) is 6.92 Å². The lowest BCUT2D eigenvalue weighted by molar-refractivity contribution is -0.156. The lowest BCUT2D eigenvalue weighted by atomic mass is 10.2.